The summed E-state index contributed by atoms with van der Waals surface area (Å²) in [5, 5.41) is 3.62. The zero-order chi connectivity index (χ0) is 11.4. The molecule has 2 unspecified atom stereocenters. The number of morpholine rings is 1. The average Bonchev–Trinajstić information content (AvgIpc) is 3.12. The topological polar surface area (TPSA) is 24.5 Å². The fourth-order valence-electron chi connectivity index (χ4n) is 2.60. The second-order valence-electron chi connectivity index (χ2n) is 5.15. The highest BCUT2D eigenvalue weighted by Gasteiger charge is 2.32. The lowest BCUT2D eigenvalue weighted by molar-refractivity contribution is -0.0467. The summed E-state index contributed by atoms with van der Waals surface area (Å²) >= 11 is 0. The molecule has 2 atom stereocenters. The first-order valence-electron chi connectivity index (χ1n) is 6.90. The third kappa shape index (κ3) is 3.44. The maximum absolute atomic E-state index is 5.95. The van der Waals surface area contributed by atoms with Crippen LogP contribution in [0.5, 0.6) is 0 Å². The van der Waals surface area contributed by atoms with Gasteiger partial charge in [0.25, 0.3) is 0 Å². The van der Waals surface area contributed by atoms with Crippen LogP contribution < -0.4 is 5.32 Å². The molecule has 0 aromatic carbocycles. The van der Waals surface area contributed by atoms with Crippen LogP contribution in [0.15, 0.2) is 0 Å². The van der Waals surface area contributed by atoms with E-state index in [-0.39, 0.29) is 0 Å². The van der Waals surface area contributed by atoms with Gasteiger partial charge in [-0.05, 0) is 25.4 Å². The standard InChI is InChI=1S/C13H26N2O/c1-3-14-12(9-11-5-6-11)13-10-15(4-2)7-8-16-13/h11-14H,3-10H2,1-2H3. The molecule has 1 N–H and O–H groups in total. The Balaban J connectivity index is 1.84. The summed E-state index contributed by atoms with van der Waals surface area (Å²) in [6.45, 7) is 9.78. The molecule has 2 fully saturated rings. The van der Waals surface area contributed by atoms with E-state index in [1.807, 2.05) is 0 Å². The van der Waals surface area contributed by atoms with Gasteiger partial charge in [0.2, 0.25) is 0 Å². The van der Waals surface area contributed by atoms with Crippen LogP contribution in [0, 0.1) is 5.92 Å². The molecule has 0 radical (unpaired) electrons. The number of hydrogen-bond donors (Lipinski definition) is 1. The highest BCUT2D eigenvalue weighted by Crippen LogP contribution is 2.34. The SMILES string of the molecule is CCNC(CC1CC1)C1CN(CC)CCO1. The van der Waals surface area contributed by atoms with Crippen molar-refractivity contribution in [3.8, 4) is 0 Å². The van der Waals surface area contributed by atoms with Crippen molar-refractivity contribution in [1.29, 1.82) is 0 Å². The molecule has 94 valence electrons. The number of nitrogens with zero attached hydrogens (tertiary/aromatic N) is 1. The fourth-order valence-corrected chi connectivity index (χ4v) is 2.60. The van der Waals surface area contributed by atoms with Crippen LogP contribution >= 0.6 is 0 Å². The molecule has 1 aliphatic carbocycles. The van der Waals surface area contributed by atoms with Gasteiger partial charge in [-0.25, -0.2) is 0 Å². The Morgan fingerprint density at radius 2 is 2.19 bits per heavy atom. The van der Waals surface area contributed by atoms with Gasteiger partial charge < -0.3 is 10.1 Å². The molecule has 1 saturated carbocycles. The number of rotatable bonds is 6. The van der Waals surface area contributed by atoms with Crippen LogP contribution in [0.4, 0.5) is 0 Å². The first-order valence-corrected chi connectivity index (χ1v) is 6.90. The van der Waals surface area contributed by atoms with Crippen LogP contribution in [0.1, 0.15) is 33.1 Å². The Labute approximate surface area is 99.5 Å². The minimum Gasteiger partial charge on any atom is -0.374 e. The monoisotopic (exact) mass is 226 g/mol. The molecule has 3 nitrogen and oxygen atoms in total. The van der Waals surface area contributed by atoms with E-state index in [9.17, 15) is 0 Å². The Morgan fingerprint density at radius 1 is 1.38 bits per heavy atom. The third-order valence-corrected chi connectivity index (χ3v) is 3.82. The van der Waals surface area contributed by atoms with E-state index in [2.05, 4.69) is 24.1 Å². The predicted molar refractivity (Wildman–Crippen MR) is 66.7 cm³/mol. The quantitative estimate of drug-likeness (QED) is 0.742. The van der Waals surface area contributed by atoms with Crippen molar-refractivity contribution in [3.63, 3.8) is 0 Å². The van der Waals surface area contributed by atoms with Crippen molar-refractivity contribution in [2.45, 2.75) is 45.3 Å². The molecule has 0 aromatic rings. The van der Waals surface area contributed by atoms with E-state index in [1.54, 1.807) is 0 Å². The van der Waals surface area contributed by atoms with Gasteiger partial charge in [0.15, 0.2) is 0 Å². The Morgan fingerprint density at radius 3 is 2.81 bits per heavy atom. The van der Waals surface area contributed by atoms with Gasteiger partial charge in [-0.2, -0.15) is 0 Å². The van der Waals surface area contributed by atoms with Crippen molar-refractivity contribution in [1.82, 2.24) is 10.2 Å². The summed E-state index contributed by atoms with van der Waals surface area (Å²) in [5.74, 6) is 0.977. The maximum atomic E-state index is 5.95. The summed E-state index contributed by atoms with van der Waals surface area (Å²) in [7, 11) is 0. The summed E-state index contributed by atoms with van der Waals surface area (Å²) in [6, 6.07) is 0.576. The maximum Gasteiger partial charge on any atom is 0.0855 e. The largest absolute Gasteiger partial charge is 0.374 e. The van der Waals surface area contributed by atoms with E-state index < -0.39 is 0 Å². The lowest BCUT2D eigenvalue weighted by atomic mass is 10.0. The lowest BCUT2D eigenvalue weighted by Gasteiger charge is -2.37. The Kier molecular flexibility index (Phi) is 4.62. The van der Waals surface area contributed by atoms with Crippen molar-refractivity contribution in [2.24, 2.45) is 5.92 Å². The van der Waals surface area contributed by atoms with Crippen molar-refractivity contribution < 1.29 is 4.74 Å². The summed E-state index contributed by atoms with van der Waals surface area (Å²) in [5.41, 5.74) is 0. The molecule has 0 amide bonds. The Hall–Kier alpha value is -0.120. The van der Waals surface area contributed by atoms with Gasteiger partial charge >= 0.3 is 0 Å². The van der Waals surface area contributed by atoms with E-state index in [4.69, 9.17) is 4.74 Å². The molecule has 0 aromatic heterocycles. The molecule has 1 saturated heterocycles. The van der Waals surface area contributed by atoms with Gasteiger partial charge in [-0.3, -0.25) is 4.90 Å². The second kappa shape index (κ2) is 5.99. The normalized spacial score (nSPS) is 29.2. The lowest BCUT2D eigenvalue weighted by Crippen LogP contribution is -2.52. The molecular formula is C13H26N2O. The molecule has 2 rings (SSSR count). The van der Waals surface area contributed by atoms with Gasteiger partial charge in [-0.15, -0.1) is 0 Å². The van der Waals surface area contributed by atoms with E-state index >= 15 is 0 Å². The first kappa shape index (κ1) is 12.3. The second-order valence-corrected chi connectivity index (χ2v) is 5.15. The van der Waals surface area contributed by atoms with Gasteiger partial charge in [0.1, 0.15) is 0 Å². The molecule has 3 heteroatoms. The molecular weight excluding hydrogens is 200 g/mol. The fraction of sp³-hybridized carbons (Fsp3) is 1.00. The smallest absolute Gasteiger partial charge is 0.0855 e. The number of ether oxygens (including phenoxy) is 1. The molecule has 16 heavy (non-hydrogen) atoms. The highest BCUT2D eigenvalue weighted by molar-refractivity contribution is 4.87. The van der Waals surface area contributed by atoms with Crippen LogP contribution in [0.3, 0.4) is 0 Å². The van der Waals surface area contributed by atoms with Crippen molar-refractivity contribution >= 4 is 0 Å². The molecule has 0 spiro atoms. The van der Waals surface area contributed by atoms with Crippen LogP contribution in [-0.2, 0) is 4.74 Å². The Bertz CT molecular complexity index is 206. The van der Waals surface area contributed by atoms with E-state index in [0.29, 0.717) is 12.1 Å². The summed E-state index contributed by atoms with van der Waals surface area (Å²) in [6.07, 6.45) is 4.60. The van der Waals surface area contributed by atoms with E-state index in [1.165, 1.54) is 19.3 Å². The number of likely N-dealkylation sites (N-methyl/N-ethyl adjacent to an activating group) is 2. The molecule has 2 aliphatic rings. The van der Waals surface area contributed by atoms with Crippen LogP contribution in [-0.4, -0.2) is 49.8 Å². The average molecular weight is 226 g/mol. The van der Waals surface area contributed by atoms with Crippen LogP contribution in [0.25, 0.3) is 0 Å². The highest BCUT2D eigenvalue weighted by atomic mass is 16.5. The number of nitrogens with one attached hydrogen (secondary N) is 1. The third-order valence-electron chi connectivity index (χ3n) is 3.82. The zero-order valence-electron chi connectivity index (χ0n) is 10.7. The minimum absolute atomic E-state index is 0.411. The zero-order valence-corrected chi connectivity index (χ0v) is 10.7. The van der Waals surface area contributed by atoms with Crippen molar-refractivity contribution in [3.05, 3.63) is 0 Å². The molecule has 1 heterocycles. The van der Waals surface area contributed by atoms with Gasteiger partial charge in [0.05, 0.1) is 12.7 Å². The van der Waals surface area contributed by atoms with Gasteiger partial charge in [-0.1, -0.05) is 26.7 Å². The first-order chi connectivity index (χ1) is 7.83. The summed E-state index contributed by atoms with van der Waals surface area (Å²) < 4.78 is 5.95. The van der Waals surface area contributed by atoms with Crippen molar-refractivity contribution in [2.75, 3.05) is 32.8 Å². The number of hydrogen-bond acceptors (Lipinski definition) is 3. The summed E-state index contributed by atoms with van der Waals surface area (Å²) in [4.78, 5) is 2.51. The van der Waals surface area contributed by atoms with Crippen LogP contribution in [0.2, 0.25) is 0 Å². The predicted octanol–water partition coefficient (Wildman–Crippen LogP) is 1.49. The van der Waals surface area contributed by atoms with E-state index in [0.717, 1.165) is 38.7 Å². The molecule has 0 bridgehead atoms. The van der Waals surface area contributed by atoms with Gasteiger partial charge in [0, 0.05) is 19.1 Å². The molecule has 1 aliphatic heterocycles. The minimum atomic E-state index is 0.411.